The Morgan fingerprint density at radius 3 is 2.63 bits per heavy atom. The Hall–Kier alpha value is -3.35. The largest absolute Gasteiger partial charge is 0.497 e. The molecule has 27 heavy (non-hydrogen) atoms. The van der Waals surface area contributed by atoms with Crippen LogP contribution in [0.4, 0.5) is 0 Å². The first kappa shape index (κ1) is 18.4. The van der Waals surface area contributed by atoms with Gasteiger partial charge in [0.25, 0.3) is 5.91 Å². The SMILES string of the molecule is COc1ccc(CCNC(=O)C(C)NC(=O)c2n[nH]c3ccccc23)cc1. The zero-order chi connectivity index (χ0) is 19.2. The second-order valence-corrected chi connectivity index (χ2v) is 6.20. The van der Waals surface area contributed by atoms with Crippen LogP contribution in [0.15, 0.2) is 48.5 Å². The van der Waals surface area contributed by atoms with Crippen LogP contribution in [0, 0.1) is 0 Å². The summed E-state index contributed by atoms with van der Waals surface area (Å²) in [4.78, 5) is 24.6. The molecule has 3 N–H and O–H groups in total. The first-order chi connectivity index (χ1) is 13.1. The molecule has 0 fully saturated rings. The lowest BCUT2D eigenvalue weighted by Crippen LogP contribution is -2.45. The zero-order valence-corrected chi connectivity index (χ0v) is 15.3. The number of H-pyrrole nitrogens is 1. The number of hydrogen-bond donors (Lipinski definition) is 3. The normalized spacial score (nSPS) is 11.8. The smallest absolute Gasteiger partial charge is 0.273 e. The van der Waals surface area contributed by atoms with Crippen LogP contribution in [-0.4, -0.2) is 41.7 Å². The highest BCUT2D eigenvalue weighted by molar-refractivity contribution is 6.05. The lowest BCUT2D eigenvalue weighted by molar-refractivity contribution is -0.122. The van der Waals surface area contributed by atoms with E-state index in [1.54, 1.807) is 14.0 Å². The number of rotatable bonds is 7. The molecule has 0 radical (unpaired) electrons. The fraction of sp³-hybridized carbons (Fsp3) is 0.250. The van der Waals surface area contributed by atoms with Gasteiger partial charge in [0.15, 0.2) is 5.69 Å². The van der Waals surface area contributed by atoms with Gasteiger partial charge in [-0.1, -0.05) is 30.3 Å². The Kier molecular flexibility index (Phi) is 5.71. The summed E-state index contributed by atoms with van der Waals surface area (Å²) in [5.74, 6) is 0.173. The maximum Gasteiger partial charge on any atom is 0.273 e. The van der Waals surface area contributed by atoms with E-state index in [-0.39, 0.29) is 17.5 Å². The van der Waals surface area contributed by atoms with Crippen molar-refractivity contribution < 1.29 is 14.3 Å². The Bertz CT molecular complexity index is 934. The molecule has 0 saturated carbocycles. The van der Waals surface area contributed by atoms with E-state index >= 15 is 0 Å². The Morgan fingerprint density at radius 1 is 1.15 bits per heavy atom. The van der Waals surface area contributed by atoms with Gasteiger partial charge in [-0.2, -0.15) is 5.10 Å². The Labute approximate surface area is 157 Å². The third kappa shape index (κ3) is 4.44. The summed E-state index contributed by atoms with van der Waals surface area (Å²) in [7, 11) is 1.62. The molecule has 0 aliphatic carbocycles. The van der Waals surface area contributed by atoms with Crippen molar-refractivity contribution in [1.29, 1.82) is 0 Å². The molecule has 1 aromatic heterocycles. The number of aromatic amines is 1. The van der Waals surface area contributed by atoms with Crippen molar-refractivity contribution in [1.82, 2.24) is 20.8 Å². The topological polar surface area (TPSA) is 96.1 Å². The summed E-state index contributed by atoms with van der Waals surface area (Å²) in [6.45, 7) is 2.13. The van der Waals surface area contributed by atoms with Gasteiger partial charge in [0, 0.05) is 11.9 Å². The monoisotopic (exact) mass is 366 g/mol. The number of amides is 2. The van der Waals surface area contributed by atoms with Crippen LogP contribution < -0.4 is 15.4 Å². The maximum atomic E-state index is 12.4. The van der Waals surface area contributed by atoms with Crippen LogP contribution in [0.25, 0.3) is 10.9 Å². The van der Waals surface area contributed by atoms with Gasteiger partial charge >= 0.3 is 0 Å². The molecule has 3 aromatic rings. The summed E-state index contributed by atoms with van der Waals surface area (Å²) in [5.41, 5.74) is 2.15. The molecule has 7 heteroatoms. The average molecular weight is 366 g/mol. The lowest BCUT2D eigenvalue weighted by Gasteiger charge is -2.13. The fourth-order valence-corrected chi connectivity index (χ4v) is 2.74. The second kappa shape index (κ2) is 8.35. The van der Waals surface area contributed by atoms with E-state index in [2.05, 4.69) is 20.8 Å². The van der Waals surface area contributed by atoms with Crippen LogP contribution in [0.2, 0.25) is 0 Å². The minimum absolute atomic E-state index is 0.239. The first-order valence-corrected chi connectivity index (χ1v) is 8.73. The number of fused-ring (bicyclic) bond motifs is 1. The van der Waals surface area contributed by atoms with Crippen LogP contribution in [0.3, 0.4) is 0 Å². The van der Waals surface area contributed by atoms with Gasteiger partial charge in [0.1, 0.15) is 11.8 Å². The Balaban J connectivity index is 1.50. The van der Waals surface area contributed by atoms with E-state index < -0.39 is 6.04 Å². The summed E-state index contributed by atoms with van der Waals surface area (Å²) in [5, 5.41) is 13.1. The molecule has 7 nitrogen and oxygen atoms in total. The summed E-state index contributed by atoms with van der Waals surface area (Å²) < 4.78 is 5.12. The molecular weight excluding hydrogens is 344 g/mol. The highest BCUT2D eigenvalue weighted by atomic mass is 16.5. The number of para-hydroxylation sites is 1. The van der Waals surface area contributed by atoms with Gasteiger partial charge in [0.2, 0.25) is 5.91 Å². The molecular formula is C20H22N4O3. The Morgan fingerprint density at radius 2 is 1.89 bits per heavy atom. The molecule has 3 rings (SSSR count). The molecule has 1 heterocycles. The zero-order valence-electron chi connectivity index (χ0n) is 15.3. The number of ether oxygens (including phenoxy) is 1. The van der Waals surface area contributed by atoms with E-state index in [1.165, 1.54) is 0 Å². The van der Waals surface area contributed by atoms with Crippen molar-refractivity contribution in [3.8, 4) is 5.75 Å². The van der Waals surface area contributed by atoms with Crippen molar-refractivity contribution in [2.24, 2.45) is 0 Å². The van der Waals surface area contributed by atoms with Gasteiger partial charge in [-0.25, -0.2) is 0 Å². The fourth-order valence-electron chi connectivity index (χ4n) is 2.74. The highest BCUT2D eigenvalue weighted by Gasteiger charge is 2.19. The van der Waals surface area contributed by atoms with Crippen LogP contribution in [0.1, 0.15) is 23.0 Å². The molecule has 2 aromatic carbocycles. The third-order valence-electron chi connectivity index (χ3n) is 4.30. The van der Waals surface area contributed by atoms with Gasteiger partial charge in [-0.15, -0.1) is 0 Å². The predicted octanol–water partition coefficient (Wildman–Crippen LogP) is 2.05. The average Bonchev–Trinajstić information content (AvgIpc) is 3.12. The van der Waals surface area contributed by atoms with E-state index in [9.17, 15) is 9.59 Å². The third-order valence-corrected chi connectivity index (χ3v) is 4.30. The number of hydrogen-bond acceptors (Lipinski definition) is 4. The van der Waals surface area contributed by atoms with Gasteiger partial charge in [-0.05, 0) is 37.1 Å². The van der Waals surface area contributed by atoms with Crippen molar-refractivity contribution in [2.75, 3.05) is 13.7 Å². The van der Waals surface area contributed by atoms with Gasteiger partial charge in [0.05, 0.1) is 12.6 Å². The van der Waals surface area contributed by atoms with E-state index in [1.807, 2.05) is 48.5 Å². The summed E-state index contributed by atoms with van der Waals surface area (Å²) in [6, 6.07) is 14.4. The number of methoxy groups -OCH3 is 1. The predicted molar refractivity (Wildman–Crippen MR) is 103 cm³/mol. The lowest BCUT2D eigenvalue weighted by atomic mass is 10.1. The van der Waals surface area contributed by atoms with Gasteiger partial charge < -0.3 is 15.4 Å². The van der Waals surface area contributed by atoms with E-state index in [4.69, 9.17) is 4.74 Å². The van der Waals surface area contributed by atoms with Gasteiger partial charge in [-0.3, -0.25) is 14.7 Å². The summed E-state index contributed by atoms with van der Waals surface area (Å²) in [6.07, 6.45) is 0.695. The number of carbonyl (C=O) groups is 2. The second-order valence-electron chi connectivity index (χ2n) is 6.20. The van der Waals surface area contributed by atoms with Crippen molar-refractivity contribution in [3.05, 3.63) is 59.8 Å². The number of carbonyl (C=O) groups excluding carboxylic acids is 2. The molecule has 2 amide bonds. The maximum absolute atomic E-state index is 12.4. The van der Waals surface area contributed by atoms with Crippen LogP contribution >= 0.6 is 0 Å². The minimum atomic E-state index is -0.663. The van der Waals surface area contributed by atoms with Crippen LogP contribution in [0.5, 0.6) is 5.75 Å². The molecule has 1 atom stereocenters. The standard InChI is InChI=1S/C20H22N4O3/c1-13(19(25)21-12-11-14-7-9-15(27-2)10-8-14)22-20(26)18-16-5-3-4-6-17(16)23-24-18/h3-10,13H,11-12H2,1-2H3,(H,21,25)(H,22,26)(H,23,24). The minimum Gasteiger partial charge on any atom is -0.497 e. The number of nitrogens with one attached hydrogen (secondary N) is 3. The number of benzene rings is 2. The van der Waals surface area contributed by atoms with Crippen molar-refractivity contribution in [2.45, 2.75) is 19.4 Å². The molecule has 0 saturated heterocycles. The van der Waals surface area contributed by atoms with Crippen LogP contribution in [-0.2, 0) is 11.2 Å². The quantitative estimate of drug-likeness (QED) is 0.596. The number of nitrogens with zero attached hydrogens (tertiary/aromatic N) is 1. The summed E-state index contributed by atoms with van der Waals surface area (Å²) >= 11 is 0. The molecule has 1 unspecified atom stereocenters. The van der Waals surface area contributed by atoms with E-state index in [0.717, 1.165) is 22.2 Å². The molecule has 0 aliphatic heterocycles. The van der Waals surface area contributed by atoms with Crippen molar-refractivity contribution in [3.63, 3.8) is 0 Å². The first-order valence-electron chi connectivity index (χ1n) is 8.73. The molecule has 140 valence electrons. The molecule has 0 spiro atoms. The van der Waals surface area contributed by atoms with Crippen molar-refractivity contribution >= 4 is 22.7 Å². The number of aromatic nitrogens is 2. The molecule has 0 bridgehead atoms. The van der Waals surface area contributed by atoms with E-state index in [0.29, 0.717) is 13.0 Å². The molecule has 0 aliphatic rings. The highest BCUT2D eigenvalue weighted by Crippen LogP contribution is 2.15.